The largest absolute Gasteiger partial charge is 0.467 e. The molecule has 0 spiro atoms. The molecule has 0 saturated heterocycles. The molecule has 1 aliphatic rings. The first-order chi connectivity index (χ1) is 12.5. The SMILES string of the molecule is COC(=O)C1Cc2cc(NC(=O)/C(N)=C/NCCOCCO)cnc2N1. The molecule has 142 valence electrons. The number of hydrogen-bond donors (Lipinski definition) is 5. The van der Waals surface area contributed by atoms with Crippen LogP contribution in [0.2, 0.25) is 0 Å². The molecule has 26 heavy (non-hydrogen) atoms. The van der Waals surface area contributed by atoms with Crippen molar-refractivity contribution < 1.29 is 24.2 Å². The number of aliphatic hydroxyl groups is 1. The summed E-state index contributed by atoms with van der Waals surface area (Å²) in [5, 5.41) is 17.0. The number of pyridine rings is 1. The molecule has 6 N–H and O–H groups in total. The van der Waals surface area contributed by atoms with Gasteiger partial charge >= 0.3 is 5.97 Å². The van der Waals surface area contributed by atoms with Gasteiger partial charge in [-0.3, -0.25) is 4.79 Å². The Labute approximate surface area is 150 Å². The van der Waals surface area contributed by atoms with Crippen LogP contribution in [0.5, 0.6) is 0 Å². The maximum Gasteiger partial charge on any atom is 0.328 e. The molecule has 1 aromatic rings. The summed E-state index contributed by atoms with van der Waals surface area (Å²) in [4.78, 5) is 27.9. The quantitative estimate of drug-likeness (QED) is 0.209. The number of rotatable bonds is 9. The summed E-state index contributed by atoms with van der Waals surface area (Å²) in [6.45, 7) is 1.06. The molecule has 2 heterocycles. The monoisotopic (exact) mass is 365 g/mol. The number of ether oxygens (including phenoxy) is 2. The lowest BCUT2D eigenvalue weighted by molar-refractivity contribution is -0.141. The van der Waals surface area contributed by atoms with Crippen LogP contribution in [0.15, 0.2) is 24.2 Å². The zero-order valence-corrected chi connectivity index (χ0v) is 14.4. The third kappa shape index (κ3) is 5.33. The van der Waals surface area contributed by atoms with E-state index in [0.717, 1.165) is 5.56 Å². The van der Waals surface area contributed by atoms with Gasteiger partial charge < -0.3 is 36.3 Å². The second kappa shape index (κ2) is 9.59. The van der Waals surface area contributed by atoms with Gasteiger partial charge in [0.05, 0.1) is 38.8 Å². The van der Waals surface area contributed by atoms with Gasteiger partial charge in [0.25, 0.3) is 5.91 Å². The Morgan fingerprint density at radius 2 is 2.31 bits per heavy atom. The van der Waals surface area contributed by atoms with Crippen molar-refractivity contribution in [1.82, 2.24) is 10.3 Å². The summed E-state index contributed by atoms with van der Waals surface area (Å²) in [6.07, 6.45) is 3.29. The molecule has 0 fully saturated rings. The lowest BCUT2D eigenvalue weighted by Crippen LogP contribution is -2.28. The number of nitrogens with zero attached hydrogens (tertiary/aromatic N) is 1. The number of carbonyl (C=O) groups excluding carboxylic acids is 2. The highest BCUT2D eigenvalue weighted by Crippen LogP contribution is 2.26. The van der Waals surface area contributed by atoms with Gasteiger partial charge in [0.2, 0.25) is 0 Å². The van der Waals surface area contributed by atoms with Gasteiger partial charge in [-0.2, -0.15) is 0 Å². The van der Waals surface area contributed by atoms with E-state index in [9.17, 15) is 9.59 Å². The highest BCUT2D eigenvalue weighted by molar-refractivity contribution is 6.03. The average molecular weight is 365 g/mol. The van der Waals surface area contributed by atoms with Gasteiger partial charge in [0.1, 0.15) is 17.6 Å². The first-order valence-electron chi connectivity index (χ1n) is 8.07. The molecule has 10 nitrogen and oxygen atoms in total. The van der Waals surface area contributed by atoms with Crippen molar-refractivity contribution in [2.75, 3.05) is 44.1 Å². The van der Waals surface area contributed by atoms with E-state index in [4.69, 9.17) is 20.3 Å². The molecular formula is C16H23N5O5. The fraction of sp³-hybridized carbons (Fsp3) is 0.438. The fourth-order valence-corrected chi connectivity index (χ4v) is 2.33. The molecule has 0 saturated carbocycles. The summed E-state index contributed by atoms with van der Waals surface area (Å²) < 4.78 is 9.78. The molecule has 1 amide bonds. The molecule has 1 atom stereocenters. The average Bonchev–Trinajstić information content (AvgIpc) is 3.07. The first kappa shape index (κ1) is 19.5. The highest BCUT2D eigenvalue weighted by atomic mass is 16.5. The molecule has 0 aromatic carbocycles. The Bertz CT molecular complexity index is 679. The number of hydrogen-bond acceptors (Lipinski definition) is 9. The molecule has 2 rings (SSSR count). The number of aromatic nitrogens is 1. The lowest BCUT2D eigenvalue weighted by atomic mass is 10.1. The minimum absolute atomic E-state index is 0.00165. The van der Waals surface area contributed by atoms with E-state index in [2.05, 4.69) is 20.9 Å². The minimum atomic E-state index is -0.481. The van der Waals surface area contributed by atoms with E-state index >= 15 is 0 Å². The van der Waals surface area contributed by atoms with Gasteiger partial charge in [-0.15, -0.1) is 0 Å². The molecule has 1 unspecified atom stereocenters. The van der Waals surface area contributed by atoms with E-state index in [-0.39, 0.29) is 24.9 Å². The van der Waals surface area contributed by atoms with Crippen LogP contribution in [0.25, 0.3) is 0 Å². The zero-order chi connectivity index (χ0) is 18.9. The smallest absolute Gasteiger partial charge is 0.328 e. The van der Waals surface area contributed by atoms with Crippen LogP contribution in [0.3, 0.4) is 0 Å². The molecule has 1 aromatic heterocycles. The second-order valence-electron chi connectivity index (χ2n) is 5.50. The maximum atomic E-state index is 12.1. The zero-order valence-electron chi connectivity index (χ0n) is 14.4. The van der Waals surface area contributed by atoms with Gasteiger partial charge in [0.15, 0.2) is 0 Å². The van der Waals surface area contributed by atoms with Crippen LogP contribution in [-0.2, 0) is 25.5 Å². The van der Waals surface area contributed by atoms with Crippen molar-refractivity contribution in [3.05, 3.63) is 29.7 Å². The Morgan fingerprint density at radius 3 is 3.04 bits per heavy atom. The van der Waals surface area contributed by atoms with Crippen LogP contribution in [0, 0.1) is 0 Å². The van der Waals surface area contributed by atoms with Crippen molar-refractivity contribution in [1.29, 1.82) is 0 Å². The minimum Gasteiger partial charge on any atom is -0.467 e. The van der Waals surface area contributed by atoms with Crippen LogP contribution in [-0.4, -0.2) is 61.5 Å². The Hall–Kier alpha value is -2.85. The number of carbonyl (C=O) groups is 2. The van der Waals surface area contributed by atoms with Crippen LogP contribution < -0.4 is 21.7 Å². The van der Waals surface area contributed by atoms with Crippen molar-refractivity contribution in [2.24, 2.45) is 5.73 Å². The van der Waals surface area contributed by atoms with Crippen LogP contribution in [0.1, 0.15) is 5.56 Å². The molecule has 0 bridgehead atoms. The maximum absolute atomic E-state index is 12.1. The number of amides is 1. The third-order valence-electron chi connectivity index (χ3n) is 3.59. The first-order valence-corrected chi connectivity index (χ1v) is 8.07. The number of fused-ring (bicyclic) bond motifs is 1. The van der Waals surface area contributed by atoms with Gasteiger partial charge in [0, 0.05) is 19.2 Å². The summed E-state index contributed by atoms with van der Waals surface area (Å²) in [6, 6.07) is 1.26. The Balaban J connectivity index is 1.85. The molecular weight excluding hydrogens is 342 g/mol. The standard InChI is InChI=1S/C16H23N5O5/c1-25-16(24)13-7-10-6-11(8-19-14(10)21-13)20-15(23)12(17)9-18-2-4-26-5-3-22/h6,8-9,13,18,22H,2-5,7,17H2,1H3,(H,19,21)(H,20,23)/b12-9-. The molecule has 0 radical (unpaired) electrons. The summed E-state index contributed by atoms with van der Waals surface area (Å²) in [5.74, 6) is -0.257. The fourth-order valence-electron chi connectivity index (χ4n) is 2.33. The molecule has 10 heteroatoms. The number of anilines is 2. The number of methoxy groups -OCH3 is 1. The van der Waals surface area contributed by atoms with E-state index < -0.39 is 11.9 Å². The molecule has 1 aliphatic heterocycles. The van der Waals surface area contributed by atoms with Crippen molar-refractivity contribution in [2.45, 2.75) is 12.5 Å². The lowest BCUT2D eigenvalue weighted by Gasteiger charge is -2.08. The topological polar surface area (TPSA) is 148 Å². The second-order valence-corrected chi connectivity index (χ2v) is 5.50. The summed E-state index contributed by atoms with van der Waals surface area (Å²) in [5.41, 5.74) is 6.99. The van der Waals surface area contributed by atoms with Crippen molar-refractivity contribution >= 4 is 23.4 Å². The van der Waals surface area contributed by atoms with E-state index in [1.807, 2.05) is 0 Å². The number of nitrogens with one attached hydrogen (secondary N) is 3. The highest BCUT2D eigenvalue weighted by Gasteiger charge is 2.28. The van der Waals surface area contributed by atoms with E-state index in [0.29, 0.717) is 31.1 Å². The predicted octanol–water partition coefficient (Wildman–Crippen LogP) is -1.07. The van der Waals surface area contributed by atoms with Gasteiger partial charge in [-0.1, -0.05) is 0 Å². The predicted molar refractivity (Wildman–Crippen MR) is 94.2 cm³/mol. The van der Waals surface area contributed by atoms with E-state index in [1.165, 1.54) is 19.5 Å². The Kier molecular flexibility index (Phi) is 7.18. The van der Waals surface area contributed by atoms with Gasteiger partial charge in [-0.05, 0) is 11.6 Å². The van der Waals surface area contributed by atoms with Crippen molar-refractivity contribution in [3.8, 4) is 0 Å². The van der Waals surface area contributed by atoms with Crippen LogP contribution in [0.4, 0.5) is 11.5 Å². The van der Waals surface area contributed by atoms with E-state index in [1.54, 1.807) is 6.07 Å². The number of esters is 1. The van der Waals surface area contributed by atoms with Crippen molar-refractivity contribution in [3.63, 3.8) is 0 Å². The Morgan fingerprint density at radius 1 is 1.50 bits per heavy atom. The summed E-state index contributed by atoms with van der Waals surface area (Å²) in [7, 11) is 1.33. The van der Waals surface area contributed by atoms with Crippen LogP contribution >= 0.6 is 0 Å². The normalized spacial score (nSPS) is 15.8. The third-order valence-corrected chi connectivity index (χ3v) is 3.59. The number of nitrogens with two attached hydrogens (primary N) is 1. The summed E-state index contributed by atoms with van der Waals surface area (Å²) >= 11 is 0. The molecule has 0 aliphatic carbocycles. The number of aliphatic hydroxyl groups excluding tert-OH is 1. The van der Waals surface area contributed by atoms with Gasteiger partial charge in [-0.25, -0.2) is 9.78 Å².